The molecule has 1 N–H and O–H groups in total. The van der Waals surface area contributed by atoms with Gasteiger partial charge in [-0.15, -0.1) is 0 Å². The van der Waals surface area contributed by atoms with Gasteiger partial charge in [0.15, 0.2) is 5.65 Å². The summed E-state index contributed by atoms with van der Waals surface area (Å²) in [5.74, 6) is 0.538. The maximum atomic E-state index is 13.4. The Labute approximate surface area is 234 Å². The SMILES string of the molecule is Cc1ccc(OCCN(C)C)cc1C(=O)N[C@H](C)c1cc(-c2cnc3c(c2)ncn3C)cc(-c2cnn(C)c2)c1. The first-order valence-corrected chi connectivity index (χ1v) is 13.3. The number of benzene rings is 2. The Hall–Kier alpha value is -4.50. The second-order valence-corrected chi connectivity index (χ2v) is 10.5. The lowest BCUT2D eigenvalue weighted by Gasteiger charge is -2.18. The number of nitrogens with zero attached hydrogens (tertiary/aromatic N) is 6. The maximum absolute atomic E-state index is 13.4. The second kappa shape index (κ2) is 11.3. The second-order valence-electron chi connectivity index (χ2n) is 10.5. The predicted octanol–water partition coefficient (Wildman–Crippen LogP) is 4.78. The van der Waals surface area contributed by atoms with E-state index < -0.39 is 0 Å². The van der Waals surface area contributed by atoms with Crippen LogP contribution in [0.5, 0.6) is 5.75 Å². The van der Waals surface area contributed by atoms with Gasteiger partial charge in [-0.1, -0.05) is 6.07 Å². The summed E-state index contributed by atoms with van der Waals surface area (Å²) in [5.41, 5.74) is 8.08. The van der Waals surface area contributed by atoms with Crippen LogP contribution in [0.3, 0.4) is 0 Å². The third kappa shape index (κ3) is 5.89. The summed E-state index contributed by atoms with van der Waals surface area (Å²) in [6, 6.07) is 13.8. The van der Waals surface area contributed by atoms with Gasteiger partial charge in [0.2, 0.25) is 0 Å². The topological polar surface area (TPSA) is 90.1 Å². The first kappa shape index (κ1) is 27.1. The molecular weight excluding hydrogens is 502 g/mol. The Morgan fingerprint density at radius 1 is 1.00 bits per heavy atom. The van der Waals surface area contributed by atoms with E-state index in [1.807, 2.05) is 89.5 Å². The summed E-state index contributed by atoms with van der Waals surface area (Å²) in [4.78, 5) is 24.6. The monoisotopic (exact) mass is 537 g/mol. The average molecular weight is 538 g/mol. The average Bonchev–Trinajstić information content (AvgIpc) is 3.54. The molecule has 3 heterocycles. The van der Waals surface area contributed by atoms with Crippen molar-refractivity contribution in [2.75, 3.05) is 27.2 Å². The van der Waals surface area contributed by atoms with Gasteiger partial charge in [0, 0.05) is 49.7 Å². The fraction of sp³-hybridized carbons (Fsp3) is 0.290. The molecule has 1 amide bonds. The molecule has 0 aliphatic heterocycles. The molecule has 0 saturated carbocycles. The van der Waals surface area contributed by atoms with Gasteiger partial charge in [0.25, 0.3) is 5.91 Å². The molecule has 3 aromatic heterocycles. The highest BCUT2D eigenvalue weighted by atomic mass is 16.5. The summed E-state index contributed by atoms with van der Waals surface area (Å²) in [5, 5.41) is 7.55. The molecular formula is C31H35N7O2. The summed E-state index contributed by atoms with van der Waals surface area (Å²) in [6.45, 7) is 5.28. The number of likely N-dealkylation sites (N-methyl/N-ethyl adjacent to an activating group) is 1. The standard InChI is InChI=1S/C31H35N7O2/c1-20-7-8-27(40-10-9-36(3)4)15-28(20)31(39)35-21(2)22-11-23(13-24(12-22)26-17-34-38(6)18-26)25-14-29-30(32-16-25)37(5)19-33-29/h7-8,11-19,21H,9-10H2,1-6H3,(H,35,39)/t21-/m1/s1. The van der Waals surface area contributed by atoms with Crippen molar-refractivity contribution in [2.45, 2.75) is 19.9 Å². The zero-order valence-electron chi connectivity index (χ0n) is 23.8. The molecule has 2 aromatic carbocycles. The van der Waals surface area contributed by atoms with E-state index in [1.165, 1.54) is 0 Å². The number of ether oxygens (including phenoxy) is 1. The Balaban J connectivity index is 1.45. The molecule has 0 spiro atoms. The van der Waals surface area contributed by atoms with Gasteiger partial charge in [-0.2, -0.15) is 5.10 Å². The summed E-state index contributed by atoms with van der Waals surface area (Å²) in [7, 11) is 7.83. The fourth-order valence-corrected chi connectivity index (χ4v) is 4.62. The van der Waals surface area contributed by atoms with Crippen LogP contribution >= 0.6 is 0 Å². The normalized spacial score (nSPS) is 12.2. The molecule has 0 radical (unpaired) electrons. The van der Waals surface area contributed by atoms with E-state index in [-0.39, 0.29) is 11.9 Å². The highest BCUT2D eigenvalue weighted by Crippen LogP contribution is 2.31. The summed E-state index contributed by atoms with van der Waals surface area (Å²) >= 11 is 0. The molecule has 40 heavy (non-hydrogen) atoms. The van der Waals surface area contributed by atoms with Crippen LogP contribution in [0.25, 0.3) is 33.4 Å². The largest absolute Gasteiger partial charge is 0.492 e. The molecule has 0 aliphatic carbocycles. The number of rotatable bonds is 9. The number of imidazole rings is 1. The number of hydrogen-bond donors (Lipinski definition) is 1. The number of carbonyl (C=O) groups excluding carboxylic acids is 1. The van der Waals surface area contributed by atoms with E-state index >= 15 is 0 Å². The molecule has 5 aromatic rings. The lowest BCUT2D eigenvalue weighted by atomic mass is 9.95. The van der Waals surface area contributed by atoms with Crippen molar-refractivity contribution in [3.8, 4) is 28.0 Å². The number of amides is 1. The number of fused-ring (bicyclic) bond motifs is 1. The molecule has 0 unspecified atom stereocenters. The Kier molecular flexibility index (Phi) is 7.66. The van der Waals surface area contributed by atoms with Crippen molar-refractivity contribution in [3.63, 3.8) is 0 Å². The molecule has 9 heteroatoms. The summed E-state index contributed by atoms with van der Waals surface area (Å²) < 4.78 is 9.56. The van der Waals surface area contributed by atoms with Crippen LogP contribution in [0.4, 0.5) is 0 Å². The summed E-state index contributed by atoms with van der Waals surface area (Å²) in [6.07, 6.45) is 7.46. The van der Waals surface area contributed by atoms with Gasteiger partial charge >= 0.3 is 0 Å². The van der Waals surface area contributed by atoms with Gasteiger partial charge in [-0.25, -0.2) is 9.97 Å². The molecule has 0 bridgehead atoms. The van der Waals surface area contributed by atoms with Crippen LogP contribution in [0.2, 0.25) is 0 Å². The molecule has 0 fully saturated rings. The molecule has 5 rings (SSSR count). The van der Waals surface area contributed by atoms with Gasteiger partial charge < -0.3 is 19.5 Å². The van der Waals surface area contributed by atoms with Gasteiger partial charge in [-0.05, 0) is 86.6 Å². The number of aromatic nitrogens is 5. The zero-order chi connectivity index (χ0) is 28.4. The third-order valence-electron chi connectivity index (χ3n) is 6.99. The predicted molar refractivity (Wildman–Crippen MR) is 157 cm³/mol. The first-order valence-electron chi connectivity index (χ1n) is 13.3. The smallest absolute Gasteiger partial charge is 0.252 e. The third-order valence-corrected chi connectivity index (χ3v) is 6.99. The molecule has 0 saturated heterocycles. The number of aryl methyl sites for hydroxylation is 3. The van der Waals surface area contributed by atoms with Crippen LogP contribution in [0.15, 0.2) is 67.4 Å². The van der Waals surface area contributed by atoms with Gasteiger partial charge in [-0.3, -0.25) is 9.48 Å². The van der Waals surface area contributed by atoms with Crippen molar-refractivity contribution in [1.29, 1.82) is 0 Å². The molecule has 1 atom stereocenters. The number of carbonyl (C=O) groups is 1. The van der Waals surface area contributed by atoms with Crippen LogP contribution < -0.4 is 10.1 Å². The highest BCUT2D eigenvalue weighted by Gasteiger charge is 2.17. The fourth-order valence-electron chi connectivity index (χ4n) is 4.62. The van der Waals surface area contributed by atoms with E-state index in [1.54, 1.807) is 11.0 Å². The van der Waals surface area contributed by atoms with Crippen molar-refractivity contribution in [1.82, 2.24) is 34.5 Å². The number of pyridine rings is 1. The van der Waals surface area contributed by atoms with E-state index in [0.29, 0.717) is 17.9 Å². The minimum Gasteiger partial charge on any atom is -0.492 e. The van der Waals surface area contributed by atoms with Crippen molar-refractivity contribution < 1.29 is 9.53 Å². The number of hydrogen-bond acceptors (Lipinski definition) is 6. The van der Waals surface area contributed by atoms with E-state index in [4.69, 9.17) is 4.74 Å². The van der Waals surface area contributed by atoms with Crippen LogP contribution in [-0.2, 0) is 14.1 Å². The van der Waals surface area contributed by atoms with Gasteiger partial charge in [0.05, 0.1) is 18.6 Å². The highest BCUT2D eigenvalue weighted by molar-refractivity contribution is 5.96. The lowest BCUT2D eigenvalue weighted by Crippen LogP contribution is -2.27. The zero-order valence-corrected chi connectivity index (χ0v) is 23.8. The Morgan fingerprint density at radius 3 is 2.50 bits per heavy atom. The van der Waals surface area contributed by atoms with Crippen LogP contribution in [-0.4, -0.2) is 62.4 Å². The van der Waals surface area contributed by atoms with Crippen molar-refractivity contribution in [2.24, 2.45) is 14.1 Å². The minimum atomic E-state index is -0.257. The van der Waals surface area contributed by atoms with Crippen molar-refractivity contribution in [3.05, 3.63) is 84.1 Å². The minimum absolute atomic E-state index is 0.145. The molecule has 206 valence electrons. The van der Waals surface area contributed by atoms with Crippen LogP contribution in [0.1, 0.15) is 34.5 Å². The van der Waals surface area contributed by atoms with E-state index in [0.717, 1.165) is 51.1 Å². The number of nitrogens with one attached hydrogen (secondary N) is 1. The van der Waals surface area contributed by atoms with Gasteiger partial charge in [0.1, 0.15) is 17.9 Å². The van der Waals surface area contributed by atoms with Crippen LogP contribution in [0, 0.1) is 6.92 Å². The quantitative estimate of drug-likeness (QED) is 0.291. The van der Waals surface area contributed by atoms with E-state index in [2.05, 4.69) is 43.5 Å². The Bertz CT molecular complexity index is 1670. The Morgan fingerprint density at radius 2 is 1.77 bits per heavy atom. The van der Waals surface area contributed by atoms with Crippen molar-refractivity contribution >= 4 is 17.1 Å². The molecule has 9 nitrogen and oxygen atoms in total. The van der Waals surface area contributed by atoms with E-state index in [9.17, 15) is 4.79 Å². The lowest BCUT2D eigenvalue weighted by molar-refractivity contribution is 0.0938. The molecule has 0 aliphatic rings. The maximum Gasteiger partial charge on any atom is 0.252 e. The first-order chi connectivity index (χ1) is 19.2.